The van der Waals surface area contributed by atoms with Crippen molar-refractivity contribution in [2.75, 3.05) is 6.54 Å². The third kappa shape index (κ3) is 2.47. The molecule has 100 valence electrons. The molecule has 1 aromatic carbocycles. The Bertz CT molecular complexity index is 582. The van der Waals surface area contributed by atoms with E-state index in [0.29, 0.717) is 18.9 Å². The van der Waals surface area contributed by atoms with Crippen LogP contribution in [0.1, 0.15) is 18.4 Å². The number of β-amino-alcohol motifs (C(OH)–C–C–N with tert-alkyl or cyclic N) is 1. The SMILES string of the molecule is O[C@@H]1CN[C@H](c2nc(-c3cc(F)cc(F)c3)no2)C1. The molecule has 0 unspecified atom stereocenters. The number of rotatable bonds is 2. The standard InChI is InChI=1S/C12H11F2N3O2/c13-7-1-6(2-8(14)3-7)11-16-12(19-17-11)10-4-9(18)5-15-10/h1-3,9-10,15,18H,4-5H2/t9-,10-/m0/s1. The van der Waals surface area contributed by atoms with Gasteiger partial charge < -0.3 is 14.9 Å². The van der Waals surface area contributed by atoms with Gasteiger partial charge in [-0.05, 0) is 18.6 Å². The molecule has 1 fully saturated rings. The molecule has 5 nitrogen and oxygen atoms in total. The molecule has 1 aliphatic rings. The molecule has 2 heterocycles. The summed E-state index contributed by atoms with van der Waals surface area (Å²) in [5.41, 5.74) is 0.214. The lowest BCUT2D eigenvalue weighted by Crippen LogP contribution is -2.15. The van der Waals surface area contributed by atoms with Gasteiger partial charge in [-0.25, -0.2) is 8.78 Å². The minimum atomic E-state index is -0.698. The molecule has 0 spiro atoms. The molecule has 19 heavy (non-hydrogen) atoms. The number of aromatic nitrogens is 2. The zero-order valence-electron chi connectivity index (χ0n) is 9.81. The fraction of sp³-hybridized carbons (Fsp3) is 0.333. The molecule has 0 saturated carbocycles. The molecule has 0 aliphatic carbocycles. The van der Waals surface area contributed by atoms with E-state index in [1.807, 2.05) is 0 Å². The number of hydrogen-bond acceptors (Lipinski definition) is 5. The van der Waals surface area contributed by atoms with Crippen LogP contribution in [-0.2, 0) is 0 Å². The number of benzene rings is 1. The summed E-state index contributed by atoms with van der Waals surface area (Å²) >= 11 is 0. The Morgan fingerprint density at radius 1 is 1.26 bits per heavy atom. The molecule has 3 rings (SSSR count). The Morgan fingerprint density at radius 2 is 2.00 bits per heavy atom. The highest BCUT2D eigenvalue weighted by Crippen LogP contribution is 2.25. The van der Waals surface area contributed by atoms with E-state index in [1.165, 1.54) is 0 Å². The summed E-state index contributed by atoms with van der Waals surface area (Å²) in [7, 11) is 0. The largest absolute Gasteiger partial charge is 0.392 e. The van der Waals surface area contributed by atoms with Crippen LogP contribution in [0.5, 0.6) is 0 Å². The molecule has 1 saturated heterocycles. The number of halogens is 2. The fourth-order valence-electron chi connectivity index (χ4n) is 2.08. The Hall–Kier alpha value is -1.86. The maximum atomic E-state index is 13.1. The first-order valence-corrected chi connectivity index (χ1v) is 5.83. The number of aliphatic hydroxyl groups is 1. The number of aliphatic hydroxyl groups excluding tert-OH is 1. The number of nitrogens with zero attached hydrogens (tertiary/aromatic N) is 2. The van der Waals surface area contributed by atoms with Crippen molar-refractivity contribution in [2.45, 2.75) is 18.6 Å². The summed E-state index contributed by atoms with van der Waals surface area (Å²) in [6.45, 7) is 0.455. The summed E-state index contributed by atoms with van der Waals surface area (Å²) in [4.78, 5) is 4.09. The smallest absolute Gasteiger partial charge is 0.244 e. The lowest BCUT2D eigenvalue weighted by molar-refractivity contribution is 0.191. The monoisotopic (exact) mass is 267 g/mol. The molecule has 0 amide bonds. The van der Waals surface area contributed by atoms with E-state index in [2.05, 4.69) is 15.5 Å². The molecule has 2 N–H and O–H groups in total. The first-order valence-electron chi connectivity index (χ1n) is 5.83. The van der Waals surface area contributed by atoms with E-state index >= 15 is 0 Å². The van der Waals surface area contributed by atoms with Crippen molar-refractivity contribution in [1.82, 2.24) is 15.5 Å². The average Bonchev–Trinajstić information content (AvgIpc) is 2.95. The van der Waals surface area contributed by atoms with Crippen molar-refractivity contribution < 1.29 is 18.4 Å². The molecule has 7 heteroatoms. The lowest BCUT2D eigenvalue weighted by Gasteiger charge is -2.01. The van der Waals surface area contributed by atoms with Crippen LogP contribution in [0, 0.1) is 11.6 Å². The highest BCUT2D eigenvalue weighted by molar-refractivity contribution is 5.54. The predicted octanol–water partition coefficient (Wildman–Crippen LogP) is 1.41. The Morgan fingerprint density at radius 3 is 2.63 bits per heavy atom. The summed E-state index contributed by atoms with van der Waals surface area (Å²) in [6, 6.07) is 2.82. The van der Waals surface area contributed by atoms with Crippen molar-refractivity contribution in [3.8, 4) is 11.4 Å². The lowest BCUT2D eigenvalue weighted by atomic mass is 10.2. The van der Waals surface area contributed by atoms with Crippen molar-refractivity contribution in [3.63, 3.8) is 0 Å². The van der Waals surface area contributed by atoms with Gasteiger partial charge in [0.2, 0.25) is 11.7 Å². The van der Waals surface area contributed by atoms with Crippen LogP contribution in [0.15, 0.2) is 22.7 Å². The van der Waals surface area contributed by atoms with Gasteiger partial charge in [-0.2, -0.15) is 4.98 Å². The van der Waals surface area contributed by atoms with Gasteiger partial charge in [0.15, 0.2) is 0 Å². The van der Waals surface area contributed by atoms with Gasteiger partial charge >= 0.3 is 0 Å². The Labute approximate surface area is 107 Å². The normalized spacial score (nSPS) is 22.9. The van der Waals surface area contributed by atoms with Crippen molar-refractivity contribution in [1.29, 1.82) is 0 Å². The molecular formula is C12H11F2N3O2. The maximum Gasteiger partial charge on any atom is 0.244 e. The van der Waals surface area contributed by atoms with Crippen LogP contribution in [-0.4, -0.2) is 27.9 Å². The van der Waals surface area contributed by atoms with E-state index in [-0.39, 0.29) is 17.4 Å². The minimum Gasteiger partial charge on any atom is -0.392 e. The third-order valence-corrected chi connectivity index (χ3v) is 2.97. The second-order valence-corrected chi connectivity index (χ2v) is 4.46. The molecule has 1 aliphatic heterocycles. The summed E-state index contributed by atoms with van der Waals surface area (Å²) in [5.74, 6) is -0.973. The third-order valence-electron chi connectivity index (χ3n) is 2.97. The molecule has 2 atom stereocenters. The first kappa shape index (κ1) is 12.2. The number of nitrogens with one attached hydrogen (secondary N) is 1. The van der Waals surface area contributed by atoms with Crippen LogP contribution in [0.25, 0.3) is 11.4 Å². The van der Waals surface area contributed by atoms with Crippen molar-refractivity contribution >= 4 is 0 Å². The van der Waals surface area contributed by atoms with E-state index < -0.39 is 17.7 Å². The number of hydrogen-bond donors (Lipinski definition) is 2. The highest BCUT2D eigenvalue weighted by Gasteiger charge is 2.28. The molecule has 2 aromatic rings. The van der Waals surface area contributed by atoms with Crippen LogP contribution >= 0.6 is 0 Å². The fourth-order valence-corrected chi connectivity index (χ4v) is 2.08. The molecule has 0 radical (unpaired) electrons. The summed E-state index contributed by atoms with van der Waals surface area (Å²) in [6.07, 6.45) is 0.0195. The van der Waals surface area contributed by atoms with Gasteiger partial charge in [-0.15, -0.1) is 0 Å². The Balaban J connectivity index is 1.88. The van der Waals surface area contributed by atoms with Gasteiger partial charge in [0, 0.05) is 18.2 Å². The minimum absolute atomic E-state index is 0.122. The topological polar surface area (TPSA) is 71.2 Å². The van der Waals surface area contributed by atoms with Gasteiger partial charge in [0.25, 0.3) is 0 Å². The van der Waals surface area contributed by atoms with Gasteiger partial charge in [-0.3, -0.25) is 0 Å². The van der Waals surface area contributed by atoms with E-state index in [1.54, 1.807) is 0 Å². The van der Waals surface area contributed by atoms with Crippen molar-refractivity contribution in [3.05, 3.63) is 35.7 Å². The molecule has 0 bridgehead atoms. The molecule has 1 aromatic heterocycles. The van der Waals surface area contributed by atoms with E-state index in [4.69, 9.17) is 4.52 Å². The second kappa shape index (κ2) is 4.67. The van der Waals surface area contributed by atoms with Crippen LogP contribution in [0.4, 0.5) is 8.78 Å². The van der Waals surface area contributed by atoms with E-state index in [9.17, 15) is 13.9 Å². The van der Waals surface area contributed by atoms with Gasteiger partial charge in [0.05, 0.1) is 12.1 Å². The summed E-state index contributed by atoms with van der Waals surface area (Å²) in [5, 5.41) is 16.1. The summed E-state index contributed by atoms with van der Waals surface area (Å²) < 4.78 is 31.3. The van der Waals surface area contributed by atoms with Crippen LogP contribution < -0.4 is 5.32 Å². The second-order valence-electron chi connectivity index (χ2n) is 4.46. The van der Waals surface area contributed by atoms with Crippen molar-refractivity contribution in [2.24, 2.45) is 0 Å². The maximum absolute atomic E-state index is 13.1. The van der Waals surface area contributed by atoms with Crippen LogP contribution in [0.3, 0.4) is 0 Å². The Kier molecular flexibility index (Phi) is 3.00. The first-order chi connectivity index (χ1) is 9.11. The quantitative estimate of drug-likeness (QED) is 0.860. The van der Waals surface area contributed by atoms with Crippen LogP contribution in [0.2, 0.25) is 0 Å². The predicted molar refractivity (Wildman–Crippen MR) is 61.0 cm³/mol. The van der Waals surface area contributed by atoms with Gasteiger partial charge in [-0.1, -0.05) is 5.16 Å². The van der Waals surface area contributed by atoms with E-state index in [0.717, 1.165) is 18.2 Å². The highest BCUT2D eigenvalue weighted by atomic mass is 19.1. The average molecular weight is 267 g/mol. The zero-order valence-corrected chi connectivity index (χ0v) is 9.81. The van der Waals surface area contributed by atoms with Gasteiger partial charge in [0.1, 0.15) is 11.6 Å². The molecular weight excluding hydrogens is 256 g/mol. The zero-order chi connectivity index (χ0) is 13.4.